The number of hydrogen-bond acceptors (Lipinski definition) is 7. The van der Waals surface area contributed by atoms with Gasteiger partial charge in [0.2, 0.25) is 5.88 Å². The van der Waals surface area contributed by atoms with Crippen molar-refractivity contribution in [1.82, 2.24) is 4.57 Å². The molecule has 4 rings (SSSR count). The Labute approximate surface area is 189 Å². The Morgan fingerprint density at radius 3 is 2.42 bits per heavy atom. The molecule has 0 saturated heterocycles. The smallest absolute Gasteiger partial charge is 0.298 e. The Kier molecular flexibility index (Phi) is 5.80. The summed E-state index contributed by atoms with van der Waals surface area (Å²) in [5.74, 6) is -0.114. The fourth-order valence-corrected chi connectivity index (χ4v) is 4.49. The van der Waals surface area contributed by atoms with E-state index in [-0.39, 0.29) is 22.2 Å². The van der Waals surface area contributed by atoms with Crippen molar-refractivity contribution in [2.45, 2.75) is 18.4 Å². The molecule has 33 heavy (non-hydrogen) atoms. The number of benzene rings is 3. The molecular formula is C22H19N5O5S. The van der Waals surface area contributed by atoms with Crippen LogP contribution in [0.3, 0.4) is 0 Å². The van der Waals surface area contributed by atoms with Crippen LogP contribution in [0.2, 0.25) is 0 Å². The molecule has 1 aromatic heterocycles. The average Bonchev–Trinajstić information content (AvgIpc) is 3.08. The maximum Gasteiger partial charge on any atom is 0.298 e. The number of rotatable bonds is 7. The van der Waals surface area contributed by atoms with Gasteiger partial charge in [0.1, 0.15) is 0 Å². The van der Waals surface area contributed by atoms with E-state index in [2.05, 4.69) is 15.0 Å². The predicted molar refractivity (Wildman–Crippen MR) is 124 cm³/mol. The van der Waals surface area contributed by atoms with Crippen molar-refractivity contribution in [1.29, 1.82) is 0 Å². The zero-order chi connectivity index (χ0) is 23.6. The summed E-state index contributed by atoms with van der Waals surface area (Å²) in [6, 6.07) is 18.7. The lowest BCUT2D eigenvalue weighted by atomic mass is 10.2. The van der Waals surface area contributed by atoms with E-state index in [1.54, 1.807) is 47.0 Å². The van der Waals surface area contributed by atoms with Gasteiger partial charge in [-0.05, 0) is 37.3 Å². The summed E-state index contributed by atoms with van der Waals surface area (Å²) in [5, 5.41) is 30.8. The fraction of sp³-hybridized carbons (Fsp3) is 0.0909. The summed E-state index contributed by atoms with van der Waals surface area (Å²) >= 11 is 0. The minimum atomic E-state index is -4.06. The maximum absolute atomic E-state index is 12.7. The molecule has 11 heteroatoms. The summed E-state index contributed by atoms with van der Waals surface area (Å²) in [6.45, 7) is 2.35. The Morgan fingerprint density at radius 2 is 1.73 bits per heavy atom. The number of nitrogens with one attached hydrogen (secondary N) is 1. The van der Waals surface area contributed by atoms with Gasteiger partial charge < -0.3 is 9.67 Å². The minimum absolute atomic E-state index is 0.114. The molecule has 168 valence electrons. The topological polar surface area (TPSA) is 139 Å². The molecule has 0 aliphatic heterocycles. The molecule has 0 unspecified atom stereocenters. The van der Waals surface area contributed by atoms with Crippen LogP contribution in [-0.4, -0.2) is 23.0 Å². The number of para-hydroxylation sites is 2. The van der Waals surface area contributed by atoms with E-state index in [1.807, 2.05) is 19.1 Å². The monoisotopic (exact) mass is 465 g/mol. The number of aryl methyl sites for hydroxylation is 1. The molecule has 0 fully saturated rings. The first-order valence-electron chi connectivity index (χ1n) is 9.90. The molecule has 4 aromatic rings. The quantitative estimate of drug-likeness (QED) is 0.211. The molecule has 0 bridgehead atoms. The lowest BCUT2D eigenvalue weighted by Crippen LogP contribution is -2.13. The van der Waals surface area contributed by atoms with Crippen molar-refractivity contribution in [2.24, 2.45) is 10.2 Å². The predicted octanol–water partition coefficient (Wildman–Crippen LogP) is 5.49. The van der Waals surface area contributed by atoms with Gasteiger partial charge in [-0.2, -0.15) is 0 Å². The molecule has 0 saturated carbocycles. The van der Waals surface area contributed by atoms with Gasteiger partial charge in [0.25, 0.3) is 15.7 Å². The zero-order valence-corrected chi connectivity index (χ0v) is 18.2. The van der Waals surface area contributed by atoms with E-state index >= 15 is 0 Å². The van der Waals surface area contributed by atoms with E-state index in [1.165, 1.54) is 12.1 Å². The third-order valence-corrected chi connectivity index (χ3v) is 6.35. The fourth-order valence-electron chi connectivity index (χ4n) is 3.42. The highest BCUT2D eigenvalue weighted by Gasteiger charge is 2.22. The number of nitro groups is 1. The maximum atomic E-state index is 12.7. The molecule has 0 aliphatic rings. The number of hydrogen-bond donors (Lipinski definition) is 2. The molecule has 0 atom stereocenters. The second-order valence-corrected chi connectivity index (χ2v) is 8.70. The lowest BCUT2D eigenvalue weighted by molar-refractivity contribution is -0.384. The summed E-state index contributed by atoms with van der Waals surface area (Å²) in [7, 11) is -4.06. The number of aromatic hydroxyl groups is 1. The molecular weight excluding hydrogens is 446 g/mol. The van der Waals surface area contributed by atoms with Crippen molar-refractivity contribution >= 4 is 43.7 Å². The van der Waals surface area contributed by atoms with Gasteiger partial charge in [-0.25, -0.2) is 8.42 Å². The number of azo groups is 1. The molecule has 1 heterocycles. The minimum Gasteiger partial charge on any atom is -0.493 e. The largest absolute Gasteiger partial charge is 0.493 e. The average molecular weight is 465 g/mol. The molecule has 10 nitrogen and oxygen atoms in total. The number of aromatic nitrogens is 1. The summed E-state index contributed by atoms with van der Waals surface area (Å²) in [6.07, 6.45) is 0. The normalized spacial score (nSPS) is 11.8. The first-order chi connectivity index (χ1) is 15.8. The van der Waals surface area contributed by atoms with Crippen LogP contribution < -0.4 is 4.72 Å². The van der Waals surface area contributed by atoms with E-state index in [0.717, 1.165) is 11.6 Å². The van der Waals surface area contributed by atoms with Gasteiger partial charge in [-0.3, -0.25) is 14.8 Å². The molecule has 3 aromatic carbocycles. The second kappa shape index (κ2) is 8.71. The van der Waals surface area contributed by atoms with Crippen LogP contribution in [0.15, 0.2) is 87.9 Å². The van der Waals surface area contributed by atoms with Crippen LogP contribution in [0.25, 0.3) is 10.9 Å². The van der Waals surface area contributed by atoms with Gasteiger partial charge in [0.05, 0.1) is 15.3 Å². The third kappa shape index (κ3) is 4.26. The summed E-state index contributed by atoms with van der Waals surface area (Å²) in [5.41, 5.74) is 0.560. The number of nitro benzene ring substituents is 1. The van der Waals surface area contributed by atoms with Crippen LogP contribution >= 0.6 is 0 Å². The van der Waals surface area contributed by atoms with Crippen molar-refractivity contribution in [3.63, 3.8) is 0 Å². The van der Waals surface area contributed by atoms with E-state index in [4.69, 9.17) is 0 Å². The van der Waals surface area contributed by atoms with E-state index in [9.17, 15) is 23.6 Å². The highest BCUT2D eigenvalue weighted by molar-refractivity contribution is 7.92. The number of sulfonamides is 1. The van der Waals surface area contributed by atoms with Crippen molar-refractivity contribution < 1.29 is 18.4 Å². The van der Waals surface area contributed by atoms with Crippen LogP contribution in [0, 0.1) is 10.1 Å². The number of fused-ring (bicyclic) bond motifs is 1. The lowest BCUT2D eigenvalue weighted by Gasteiger charge is -2.08. The van der Waals surface area contributed by atoms with Crippen molar-refractivity contribution in [2.75, 3.05) is 4.72 Å². The van der Waals surface area contributed by atoms with Crippen LogP contribution in [0.5, 0.6) is 5.88 Å². The molecule has 0 aliphatic carbocycles. The van der Waals surface area contributed by atoms with Crippen LogP contribution in [-0.2, 0) is 16.6 Å². The number of nitrogens with zero attached hydrogens (tertiary/aromatic N) is 4. The molecule has 0 radical (unpaired) electrons. The Hall–Kier alpha value is -4.25. The van der Waals surface area contributed by atoms with Gasteiger partial charge in [0, 0.05) is 23.7 Å². The number of anilines is 1. The molecule has 0 amide bonds. The summed E-state index contributed by atoms with van der Waals surface area (Å²) < 4.78 is 29.4. The van der Waals surface area contributed by atoms with Crippen LogP contribution in [0.4, 0.5) is 22.7 Å². The van der Waals surface area contributed by atoms with Gasteiger partial charge in [-0.1, -0.05) is 36.4 Å². The molecule has 0 spiro atoms. The van der Waals surface area contributed by atoms with Gasteiger partial charge in [-0.15, -0.1) is 10.2 Å². The van der Waals surface area contributed by atoms with Crippen molar-refractivity contribution in [3.8, 4) is 5.88 Å². The Morgan fingerprint density at radius 1 is 1.03 bits per heavy atom. The molecule has 2 N–H and O–H groups in total. The Bertz CT molecular complexity index is 1480. The first kappa shape index (κ1) is 22.0. The highest BCUT2D eigenvalue weighted by Crippen LogP contribution is 2.40. The SMILES string of the molecule is CCn1c(O)c(N=Nc2ccc(S(=O)(=O)Nc3ccccc3)cc2[N+](=O)[O-])c2ccccc21. The van der Waals surface area contributed by atoms with Crippen LogP contribution in [0.1, 0.15) is 6.92 Å². The summed E-state index contributed by atoms with van der Waals surface area (Å²) in [4.78, 5) is 10.6. The standard InChI is InChI=1S/C22H19N5O5S/c1-2-26-19-11-7-6-10-17(19)21(22(26)28)24-23-18-13-12-16(14-20(18)27(29)30)33(31,32)25-15-8-4-3-5-9-15/h3-14,25,28H,2H2,1H3. The van der Waals surface area contributed by atoms with Gasteiger partial charge in [0.15, 0.2) is 11.4 Å². The highest BCUT2D eigenvalue weighted by atomic mass is 32.2. The van der Waals surface area contributed by atoms with E-state index in [0.29, 0.717) is 17.6 Å². The van der Waals surface area contributed by atoms with Gasteiger partial charge >= 0.3 is 0 Å². The second-order valence-electron chi connectivity index (χ2n) is 7.01. The third-order valence-electron chi connectivity index (χ3n) is 4.97. The first-order valence-corrected chi connectivity index (χ1v) is 11.4. The Balaban J connectivity index is 1.73. The van der Waals surface area contributed by atoms with Crippen molar-refractivity contribution in [3.05, 3.63) is 82.9 Å². The zero-order valence-electron chi connectivity index (χ0n) is 17.4. The van der Waals surface area contributed by atoms with E-state index < -0.39 is 20.6 Å².